The number of sulfonamides is 2. The number of piperidine rings is 1. The van der Waals surface area contributed by atoms with Crippen LogP contribution in [-0.2, 0) is 20.0 Å². The van der Waals surface area contributed by atoms with E-state index in [-0.39, 0.29) is 58.1 Å². The Balaban J connectivity index is 1.42. The van der Waals surface area contributed by atoms with Gasteiger partial charge in [0.05, 0.1) is 9.92 Å². The van der Waals surface area contributed by atoms with E-state index >= 15 is 0 Å². The Bertz CT molecular complexity index is 1600. The maximum atomic E-state index is 13.8. The van der Waals surface area contributed by atoms with Crippen LogP contribution in [0.1, 0.15) is 18.5 Å². The highest BCUT2D eigenvalue weighted by Gasteiger charge is 2.44. The molecule has 0 atom stereocenters. The lowest BCUT2D eigenvalue weighted by molar-refractivity contribution is -0.286. The first-order valence-corrected chi connectivity index (χ1v) is 14.8. The van der Waals surface area contributed by atoms with Crippen LogP contribution >= 0.6 is 11.6 Å². The average molecular weight is 586 g/mol. The maximum absolute atomic E-state index is 13.8. The molecule has 2 aromatic carbocycles. The van der Waals surface area contributed by atoms with Crippen molar-refractivity contribution in [2.24, 2.45) is 0 Å². The van der Waals surface area contributed by atoms with Crippen molar-refractivity contribution >= 4 is 37.5 Å². The van der Waals surface area contributed by atoms with Gasteiger partial charge in [0.25, 0.3) is 10.0 Å². The molecule has 0 bridgehead atoms. The van der Waals surface area contributed by atoms with Gasteiger partial charge in [0.15, 0.2) is 11.5 Å². The van der Waals surface area contributed by atoms with Crippen molar-refractivity contribution < 1.29 is 35.1 Å². The summed E-state index contributed by atoms with van der Waals surface area (Å²) < 4.78 is 92.0. The Kier molecular flexibility index (Phi) is 6.74. The van der Waals surface area contributed by atoms with Crippen LogP contribution in [0.25, 0.3) is 0 Å². The third-order valence-corrected chi connectivity index (χ3v) is 10.5. The molecule has 0 spiro atoms. The molecule has 0 radical (unpaired) electrons. The highest BCUT2D eigenvalue weighted by molar-refractivity contribution is 7.93. The first kappa shape index (κ1) is 26.6. The molecule has 2 aliphatic rings. The predicted molar refractivity (Wildman–Crippen MR) is 135 cm³/mol. The minimum Gasteiger partial charge on any atom is -0.395 e. The third-order valence-electron chi connectivity index (χ3n) is 6.24. The number of rotatable bonds is 6. The lowest BCUT2D eigenvalue weighted by Crippen LogP contribution is -2.49. The molecule has 3 heterocycles. The Labute approximate surface area is 223 Å². The highest BCUT2D eigenvalue weighted by Crippen LogP contribution is 2.42. The molecule has 38 heavy (non-hydrogen) atoms. The minimum atomic E-state index is -4.15. The summed E-state index contributed by atoms with van der Waals surface area (Å²) >= 11 is 6.24. The molecule has 0 saturated carbocycles. The molecule has 14 heteroatoms. The topological polar surface area (TPSA) is 106 Å². The molecule has 0 unspecified atom stereocenters. The lowest BCUT2D eigenvalue weighted by atomic mass is 10.1. The number of aromatic nitrogens is 1. The number of fused-ring (bicyclic) bond motifs is 1. The van der Waals surface area contributed by atoms with E-state index in [9.17, 15) is 25.6 Å². The summed E-state index contributed by atoms with van der Waals surface area (Å²) in [5.41, 5.74) is 0.607. The van der Waals surface area contributed by atoms with Crippen molar-refractivity contribution in [2.75, 3.05) is 17.4 Å². The van der Waals surface area contributed by atoms with Crippen LogP contribution in [0.15, 0.2) is 70.5 Å². The van der Waals surface area contributed by atoms with Crippen LogP contribution in [0.2, 0.25) is 5.02 Å². The smallest absolute Gasteiger partial charge is 0.395 e. The van der Waals surface area contributed by atoms with Gasteiger partial charge in [-0.25, -0.2) is 26.1 Å². The van der Waals surface area contributed by atoms with Crippen LogP contribution in [-0.4, -0.2) is 51.6 Å². The maximum Gasteiger partial charge on any atom is 0.586 e. The summed E-state index contributed by atoms with van der Waals surface area (Å²) in [5.74, 6) is -0.449. The van der Waals surface area contributed by atoms with Gasteiger partial charge in [0.2, 0.25) is 10.0 Å². The summed E-state index contributed by atoms with van der Waals surface area (Å²) in [5, 5.41) is 0.0542. The van der Waals surface area contributed by atoms with Gasteiger partial charge in [-0.1, -0.05) is 29.8 Å². The fraction of sp³-hybridized carbons (Fsp3) is 0.292. The van der Waals surface area contributed by atoms with Gasteiger partial charge in [-0.05, 0) is 56.2 Å². The van der Waals surface area contributed by atoms with E-state index in [1.54, 1.807) is 37.3 Å². The zero-order valence-corrected chi connectivity index (χ0v) is 22.3. The summed E-state index contributed by atoms with van der Waals surface area (Å²) in [4.78, 5) is 4.09. The fourth-order valence-corrected chi connectivity index (χ4v) is 8.12. The van der Waals surface area contributed by atoms with Gasteiger partial charge < -0.3 is 9.47 Å². The van der Waals surface area contributed by atoms with E-state index < -0.39 is 32.4 Å². The number of hydrogen-bond acceptors (Lipinski definition) is 7. The highest BCUT2D eigenvalue weighted by atomic mass is 35.5. The third kappa shape index (κ3) is 4.91. The number of ether oxygens (including phenoxy) is 2. The van der Waals surface area contributed by atoms with E-state index in [0.717, 1.165) is 18.2 Å². The van der Waals surface area contributed by atoms with Crippen molar-refractivity contribution in [1.82, 2.24) is 9.29 Å². The van der Waals surface area contributed by atoms with Crippen molar-refractivity contribution in [1.29, 1.82) is 0 Å². The molecular formula is C24H22ClF2N3O6S2. The minimum absolute atomic E-state index is 0.0159. The van der Waals surface area contributed by atoms with Crippen molar-refractivity contribution in [3.8, 4) is 11.5 Å². The molecule has 1 aromatic heterocycles. The zero-order valence-electron chi connectivity index (χ0n) is 19.9. The molecule has 3 aromatic rings. The summed E-state index contributed by atoms with van der Waals surface area (Å²) in [7, 11) is -8.24. The van der Waals surface area contributed by atoms with Gasteiger partial charge in [0, 0.05) is 30.9 Å². The van der Waals surface area contributed by atoms with Crippen molar-refractivity contribution in [2.45, 2.75) is 41.9 Å². The van der Waals surface area contributed by atoms with Crippen LogP contribution < -0.4 is 13.8 Å². The first-order valence-electron chi connectivity index (χ1n) is 11.5. The standard InChI is InChI=1S/C24H22ClF2N3O6S2/c1-16-5-4-8-23(28-16)30(38(33,34)22-7-3-2-6-19(22)25)17-11-13-29(14-12-17)37(31,32)18-9-10-20-21(15-18)36-24(26,27)35-20/h2-10,15,17H,11-14H2,1H3. The summed E-state index contributed by atoms with van der Waals surface area (Å²) in [6.45, 7) is 1.70. The second kappa shape index (κ2) is 9.63. The molecule has 2 aliphatic heterocycles. The van der Waals surface area contributed by atoms with E-state index in [0.29, 0.717) is 5.69 Å². The number of hydrogen-bond donors (Lipinski definition) is 0. The normalized spacial score (nSPS) is 17.9. The van der Waals surface area contributed by atoms with Gasteiger partial charge in [-0.3, -0.25) is 0 Å². The van der Waals surface area contributed by atoms with Gasteiger partial charge >= 0.3 is 6.29 Å². The van der Waals surface area contributed by atoms with Crippen LogP contribution in [0, 0.1) is 6.92 Å². The molecule has 0 N–H and O–H groups in total. The van der Waals surface area contributed by atoms with E-state index in [4.69, 9.17) is 11.6 Å². The van der Waals surface area contributed by atoms with Crippen molar-refractivity contribution in [3.63, 3.8) is 0 Å². The van der Waals surface area contributed by atoms with E-state index in [1.165, 1.54) is 20.7 Å². The predicted octanol–water partition coefficient (Wildman–Crippen LogP) is 4.41. The first-order chi connectivity index (χ1) is 17.9. The molecule has 1 saturated heterocycles. The quantitative estimate of drug-likeness (QED) is 0.422. The van der Waals surface area contributed by atoms with Crippen LogP contribution in [0.3, 0.4) is 0 Å². The monoisotopic (exact) mass is 585 g/mol. The Morgan fingerprint density at radius 3 is 2.34 bits per heavy atom. The number of nitrogens with zero attached hydrogens (tertiary/aromatic N) is 3. The SMILES string of the molecule is Cc1cccc(N(C2CCN(S(=O)(=O)c3ccc4c(c3)OC(F)(F)O4)CC2)S(=O)(=O)c2ccccc2Cl)n1. The number of halogens is 3. The molecule has 202 valence electrons. The molecular weight excluding hydrogens is 564 g/mol. The Morgan fingerprint density at radius 2 is 1.66 bits per heavy atom. The molecule has 0 amide bonds. The number of aryl methyl sites for hydroxylation is 1. The second-order valence-corrected chi connectivity index (χ2v) is 12.9. The molecule has 9 nitrogen and oxygen atoms in total. The Hall–Kier alpha value is -3.00. The van der Waals surface area contributed by atoms with Gasteiger partial charge in [-0.15, -0.1) is 8.78 Å². The van der Waals surface area contributed by atoms with Crippen molar-refractivity contribution in [3.05, 3.63) is 71.4 Å². The van der Waals surface area contributed by atoms with Crippen LogP contribution in [0.4, 0.5) is 14.6 Å². The largest absolute Gasteiger partial charge is 0.586 e. The number of anilines is 1. The second-order valence-electron chi connectivity index (χ2n) is 8.78. The Morgan fingerprint density at radius 1 is 0.974 bits per heavy atom. The number of benzene rings is 2. The van der Waals surface area contributed by atoms with E-state index in [1.807, 2.05) is 0 Å². The lowest BCUT2D eigenvalue weighted by Gasteiger charge is -2.38. The molecule has 5 rings (SSSR count). The molecule has 1 fully saturated rings. The summed E-state index contributed by atoms with van der Waals surface area (Å²) in [6, 6.07) is 13.7. The van der Waals surface area contributed by atoms with Gasteiger partial charge in [0.1, 0.15) is 10.7 Å². The van der Waals surface area contributed by atoms with Gasteiger partial charge in [-0.2, -0.15) is 4.31 Å². The number of alkyl halides is 2. The fourth-order valence-electron chi connectivity index (χ4n) is 4.47. The zero-order chi connectivity index (χ0) is 27.3. The molecule has 0 aliphatic carbocycles. The number of pyridine rings is 1. The summed E-state index contributed by atoms with van der Waals surface area (Å²) in [6.07, 6.45) is -3.56. The van der Waals surface area contributed by atoms with E-state index in [2.05, 4.69) is 14.5 Å². The van der Waals surface area contributed by atoms with Crippen LogP contribution in [0.5, 0.6) is 11.5 Å². The average Bonchev–Trinajstić information content (AvgIpc) is 3.17.